The number of rotatable bonds is 3. The van der Waals surface area contributed by atoms with Crippen LogP contribution in [0.15, 0.2) is 24.3 Å². The Morgan fingerprint density at radius 3 is 2.80 bits per heavy atom. The van der Waals surface area contributed by atoms with Crippen molar-refractivity contribution in [3.05, 3.63) is 29.8 Å². The summed E-state index contributed by atoms with van der Waals surface area (Å²) in [5, 5.41) is 0. The van der Waals surface area contributed by atoms with Crippen LogP contribution >= 0.6 is 0 Å². The maximum atomic E-state index is 11.8. The number of hydrogen-bond acceptors (Lipinski definition) is 2. The van der Waals surface area contributed by atoms with Gasteiger partial charge in [-0.25, -0.2) is 0 Å². The molecule has 0 N–H and O–H groups in total. The van der Waals surface area contributed by atoms with Gasteiger partial charge in [-0.3, -0.25) is 4.79 Å². The van der Waals surface area contributed by atoms with Gasteiger partial charge in [0.2, 0.25) is 5.91 Å². The van der Waals surface area contributed by atoms with Crippen molar-refractivity contribution in [2.75, 3.05) is 32.1 Å². The Morgan fingerprint density at radius 1 is 1.33 bits per heavy atom. The van der Waals surface area contributed by atoms with Gasteiger partial charge in [-0.15, -0.1) is 0 Å². The van der Waals surface area contributed by atoms with Crippen molar-refractivity contribution in [1.29, 1.82) is 0 Å². The Hall–Kier alpha value is -1.35. The number of benzene rings is 1. The molecule has 0 fully saturated rings. The van der Waals surface area contributed by atoms with Gasteiger partial charge < -0.3 is 9.80 Å². The molecule has 0 aliphatic carbocycles. The van der Waals surface area contributed by atoms with Crippen LogP contribution in [0.4, 0.5) is 5.69 Å². The molecule has 1 aromatic rings. The molecule has 15 heavy (non-hydrogen) atoms. The average Bonchev–Trinajstić information content (AvgIpc) is 2.50. The summed E-state index contributed by atoms with van der Waals surface area (Å²) in [4.78, 5) is 15.7. The zero-order chi connectivity index (χ0) is 10.8. The maximum Gasteiger partial charge on any atom is 0.231 e. The Balaban J connectivity index is 2.15. The summed E-state index contributed by atoms with van der Waals surface area (Å²) < 4.78 is 0. The minimum Gasteiger partial charge on any atom is -0.311 e. The molecule has 0 spiro atoms. The fourth-order valence-electron chi connectivity index (χ4n) is 1.86. The van der Waals surface area contributed by atoms with E-state index in [1.165, 1.54) is 0 Å². The lowest BCUT2D eigenvalue weighted by molar-refractivity contribution is -0.117. The highest BCUT2D eigenvalue weighted by Crippen LogP contribution is 2.27. The van der Waals surface area contributed by atoms with Gasteiger partial charge in [-0.2, -0.15) is 0 Å². The van der Waals surface area contributed by atoms with E-state index in [0.29, 0.717) is 6.42 Å². The summed E-state index contributed by atoms with van der Waals surface area (Å²) in [6.45, 7) is 1.68. The molecule has 1 aliphatic heterocycles. The standard InChI is InChI=1S/C12H16N2O/c1-13(2)7-8-14-11-6-4-3-5-10(11)9-12(14)15/h3-6H,7-9H2,1-2H3. The van der Waals surface area contributed by atoms with Crippen LogP contribution in [0.5, 0.6) is 0 Å². The van der Waals surface area contributed by atoms with Gasteiger partial charge in [0.05, 0.1) is 6.42 Å². The molecule has 0 radical (unpaired) electrons. The number of likely N-dealkylation sites (N-methyl/N-ethyl adjacent to an activating group) is 1. The number of carbonyl (C=O) groups excluding carboxylic acids is 1. The molecule has 0 atom stereocenters. The van der Waals surface area contributed by atoms with E-state index in [2.05, 4.69) is 4.90 Å². The lowest BCUT2D eigenvalue weighted by Crippen LogP contribution is -2.33. The van der Waals surface area contributed by atoms with Crippen molar-refractivity contribution in [2.45, 2.75) is 6.42 Å². The van der Waals surface area contributed by atoms with Crippen LogP contribution in [-0.4, -0.2) is 38.0 Å². The molecule has 2 rings (SSSR count). The quantitative estimate of drug-likeness (QED) is 0.737. The average molecular weight is 204 g/mol. The molecule has 1 heterocycles. The third kappa shape index (κ3) is 2.02. The topological polar surface area (TPSA) is 23.6 Å². The van der Waals surface area contributed by atoms with Gasteiger partial charge in [-0.1, -0.05) is 18.2 Å². The van der Waals surface area contributed by atoms with Crippen molar-refractivity contribution in [1.82, 2.24) is 4.90 Å². The third-order valence-corrected chi connectivity index (χ3v) is 2.70. The molecule has 0 aromatic heterocycles. The van der Waals surface area contributed by atoms with Crippen LogP contribution in [-0.2, 0) is 11.2 Å². The smallest absolute Gasteiger partial charge is 0.231 e. The largest absolute Gasteiger partial charge is 0.311 e. The van der Waals surface area contributed by atoms with E-state index in [1.807, 2.05) is 43.3 Å². The monoisotopic (exact) mass is 204 g/mol. The van der Waals surface area contributed by atoms with Gasteiger partial charge in [0, 0.05) is 18.8 Å². The lowest BCUT2D eigenvalue weighted by atomic mass is 10.2. The SMILES string of the molecule is CN(C)CCN1C(=O)Cc2ccccc21. The second-order valence-corrected chi connectivity index (χ2v) is 4.15. The van der Waals surface area contributed by atoms with Crippen molar-refractivity contribution in [3.63, 3.8) is 0 Å². The van der Waals surface area contributed by atoms with Crippen LogP contribution in [0.2, 0.25) is 0 Å². The minimum atomic E-state index is 0.220. The molecule has 80 valence electrons. The van der Waals surface area contributed by atoms with Crippen molar-refractivity contribution in [2.24, 2.45) is 0 Å². The van der Waals surface area contributed by atoms with Crippen molar-refractivity contribution in [3.8, 4) is 0 Å². The van der Waals surface area contributed by atoms with E-state index in [4.69, 9.17) is 0 Å². The number of carbonyl (C=O) groups is 1. The van der Waals surface area contributed by atoms with E-state index in [9.17, 15) is 4.79 Å². The first-order valence-electron chi connectivity index (χ1n) is 5.21. The van der Waals surface area contributed by atoms with E-state index < -0.39 is 0 Å². The molecule has 0 unspecified atom stereocenters. The Labute approximate surface area is 90.3 Å². The van der Waals surface area contributed by atoms with Crippen LogP contribution in [0, 0.1) is 0 Å². The number of fused-ring (bicyclic) bond motifs is 1. The Morgan fingerprint density at radius 2 is 2.07 bits per heavy atom. The molecular formula is C12H16N2O. The molecule has 0 saturated heterocycles. The van der Waals surface area contributed by atoms with Gasteiger partial charge in [0.1, 0.15) is 0 Å². The molecule has 1 aliphatic rings. The molecule has 1 aromatic carbocycles. The Bertz CT molecular complexity index is 374. The van der Waals surface area contributed by atoms with Crippen LogP contribution in [0.1, 0.15) is 5.56 Å². The lowest BCUT2D eigenvalue weighted by Gasteiger charge is -2.19. The molecule has 1 amide bonds. The fraction of sp³-hybridized carbons (Fsp3) is 0.417. The zero-order valence-electron chi connectivity index (χ0n) is 9.23. The van der Waals surface area contributed by atoms with Gasteiger partial charge in [0.25, 0.3) is 0 Å². The number of amides is 1. The van der Waals surface area contributed by atoms with Gasteiger partial charge in [0.15, 0.2) is 0 Å². The first-order chi connectivity index (χ1) is 7.18. The highest BCUT2D eigenvalue weighted by molar-refractivity contribution is 6.01. The summed E-state index contributed by atoms with van der Waals surface area (Å²) in [6, 6.07) is 8.03. The molecule has 3 heteroatoms. The minimum absolute atomic E-state index is 0.220. The van der Waals surface area contributed by atoms with E-state index in [0.717, 1.165) is 24.3 Å². The van der Waals surface area contributed by atoms with Crippen LogP contribution in [0.3, 0.4) is 0 Å². The number of para-hydroxylation sites is 1. The summed E-state index contributed by atoms with van der Waals surface area (Å²) in [5.41, 5.74) is 2.24. The highest BCUT2D eigenvalue weighted by Gasteiger charge is 2.25. The van der Waals surface area contributed by atoms with Crippen LogP contribution in [0.25, 0.3) is 0 Å². The number of anilines is 1. The molecular weight excluding hydrogens is 188 g/mol. The first kappa shape index (κ1) is 10.2. The predicted molar refractivity (Wildman–Crippen MR) is 61.1 cm³/mol. The number of nitrogens with zero attached hydrogens (tertiary/aromatic N) is 2. The van der Waals surface area contributed by atoms with E-state index >= 15 is 0 Å². The van der Waals surface area contributed by atoms with Crippen LogP contribution < -0.4 is 4.90 Å². The summed E-state index contributed by atoms with van der Waals surface area (Å²) in [6.07, 6.45) is 0.559. The Kier molecular flexibility index (Phi) is 2.73. The molecule has 3 nitrogen and oxygen atoms in total. The van der Waals surface area contributed by atoms with Crippen molar-refractivity contribution < 1.29 is 4.79 Å². The molecule has 0 bridgehead atoms. The molecule has 0 saturated carbocycles. The predicted octanol–water partition coefficient (Wildman–Crippen LogP) is 1.14. The third-order valence-electron chi connectivity index (χ3n) is 2.70. The zero-order valence-corrected chi connectivity index (χ0v) is 9.23. The summed E-state index contributed by atoms with van der Waals surface area (Å²) in [5.74, 6) is 0.220. The highest BCUT2D eigenvalue weighted by atomic mass is 16.2. The fourth-order valence-corrected chi connectivity index (χ4v) is 1.86. The van der Waals surface area contributed by atoms with Crippen molar-refractivity contribution >= 4 is 11.6 Å². The summed E-state index contributed by atoms with van der Waals surface area (Å²) >= 11 is 0. The second-order valence-electron chi connectivity index (χ2n) is 4.15. The first-order valence-corrected chi connectivity index (χ1v) is 5.21. The second kappa shape index (κ2) is 4.03. The maximum absolute atomic E-state index is 11.8. The van der Waals surface area contributed by atoms with Gasteiger partial charge >= 0.3 is 0 Å². The summed E-state index contributed by atoms with van der Waals surface area (Å²) in [7, 11) is 4.04. The number of hydrogen-bond donors (Lipinski definition) is 0. The normalized spacial score (nSPS) is 14.9. The van der Waals surface area contributed by atoms with E-state index in [1.54, 1.807) is 0 Å². The van der Waals surface area contributed by atoms with Gasteiger partial charge in [-0.05, 0) is 25.7 Å². The van der Waals surface area contributed by atoms with E-state index in [-0.39, 0.29) is 5.91 Å².